The zero-order valence-corrected chi connectivity index (χ0v) is 14.3. The molecule has 0 bridgehead atoms. The molecule has 0 radical (unpaired) electrons. The molecule has 1 aromatic heterocycles. The second kappa shape index (κ2) is 7.77. The highest BCUT2D eigenvalue weighted by molar-refractivity contribution is 5.70. The maximum absolute atomic E-state index is 12.5. The van der Waals surface area contributed by atoms with Crippen molar-refractivity contribution in [2.45, 2.75) is 70.4 Å². The SMILES string of the molecule is COC(=O)C[C@@H](CC1CCCCC1)Nc1nnc2n(c1=O)CCC2. The third kappa shape index (κ3) is 3.94. The molecular weight excluding hydrogens is 308 g/mol. The van der Waals surface area contributed by atoms with E-state index in [9.17, 15) is 9.59 Å². The largest absolute Gasteiger partial charge is 0.469 e. The van der Waals surface area contributed by atoms with Gasteiger partial charge < -0.3 is 10.1 Å². The van der Waals surface area contributed by atoms with Crippen molar-refractivity contribution in [1.82, 2.24) is 14.8 Å². The van der Waals surface area contributed by atoms with Crippen LogP contribution < -0.4 is 10.9 Å². The van der Waals surface area contributed by atoms with Crippen LogP contribution in [0.25, 0.3) is 0 Å². The van der Waals surface area contributed by atoms with Crippen LogP contribution in [0.15, 0.2) is 4.79 Å². The molecule has 0 saturated heterocycles. The number of ether oxygens (including phenoxy) is 1. The number of fused-ring (bicyclic) bond motifs is 1. The maximum atomic E-state index is 12.5. The van der Waals surface area contributed by atoms with E-state index in [1.165, 1.54) is 39.2 Å². The zero-order valence-electron chi connectivity index (χ0n) is 14.3. The first-order chi connectivity index (χ1) is 11.7. The fourth-order valence-corrected chi connectivity index (χ4v) is 3.85. The summed E-state index contributed by atoms with van der Waals surface area (Å²) in [6.07, 6.45) is 9.00. The quantitative estimate of drug-likeness (QED) is 0.800. The van der Waals surface area contributed by atoms with Crippen LogP contribution in [0.2, 0.25) is 0 Å². The van der Waals surface area contributed by atoms with Crippen LogP contribution in [0.3, 0.4) is 0 Å². The van der Waals surface area contributed by atoms with Gasteiger partial charge in [-0.15, -0.1) is 10.2 Å². The molecule has 0 spiro atoms. The number of methoxy groups -OCH3 is 1. The van der Waals surface area contributed by atoms with Crippen LogP contribution in [0.4, 0.5) is 5.82 Å². The van der Waals surface area contributed by atoms with E-state index in [1.807, 2.05) is 0 Å². The molecule has 0 unspecified atom stereocenters. The first-order valence-electron chi connectivity index (χ1n) is 8.97. The van der Waals surface area contributed by atoms with Gasteiger partial charge in [0.25, 0.3) is 5.56 Å². The normalized spacial score (nSPS) is 18.9. The monoisotopic (exact) mass is 334 g/mol. The molecule has 2 heterocycles. The number of nitrogens with one attached hydrogen (secondary N) is 1. The molecule has 7 heteroatoms. The van der Waals surface area contributed by atoms with E-state index in [0.717, 1.165) is 25.1 Å². The Kier molecular flexibility index (Phi) is 5.48. The van der Waals surface area contributed by atoms with E-state index < -0.39 is 0 Å². The lowest BCUT2D eigenvalue weighted by molar-refractivity contribution is -0.140. The number of carbonyl (C=O) groups excluding carboxylic acids is 1. The molecule has 1 atom stereocenters. The van der Waals surface area contributed by atoms with Gasteiger partial charge in [0.1, 0.15) is 5.82 Å². The fraction of sp³-hybridized carbons (Fsp3) is 0.765. The van der Waals surface area contributed by atoms with Crippen molar-refractivity contribution >= 4 is 11.8 Å². The van der Waals surface area contributed by atoms with E-state index >= 15 is 0 Å². The molecule has 0 amide bonds. The highest BCUT2D eigenvalue weighted by Gasteiger charge is 2.24. The van der Waals surface area contributed by atoms with E-state index in [2.05, 4.69) is 15.5 Å². The van der Waals surface area contributed by atoms with E-state index in [0.29, 0.717) is 12.5 Å². The summed E-state index contributed by atoms with van der Waals surface area (Å²) in [6, 6.07) is -0.136. The first-order valence-corrected chi connectivity index (χ1v) is 8.97. The number of carbonyl (C=O) groups is 1. The number of nitrogens with zero attached hydrogens (tertiary/aromatic N) is 3. The lowest BCUT2D eigenvalue weighted by atomic mass is 9.84. The van der Waals surface area contributed by atoms with E-state index in [1.54, 1.807) is 4.57 Å². The van der Waals surface area contributed by atoms with Gasteiger partial charge in [-0.25, -0.2) is 0 Å². The molecule has 7 nitrogen and oxygen atoms in total. The summed E-state index contributed by atoms with van der Waals surface area (Å²) in [7, 11) is 1.39. The number of anilines is 1. The maximum Gasteiger partial charge on any atom is 0.307 e. The molecule has 2 aliphatic rings. The minimum absolute atomic E-state index is 0.129. The van der Waals surface area contributed by atoms with Gasteiger partial charge in [0, 0.05) is 19.0 Å². The molecule has 132 valence electrons. The van der Waals surface area contributed by atoms with Gasteiger partial charge in [-0.05, 0) is 18.8 Å². The highest BCUT2D eigenvalue weighted by atomic mass is 16.5. The van der Waals surface area contributed by atoms with Crippen molar-refractivity contribution < 1.29 is 9.53 Å². The average Bonchev–Trinajstić information content (AvgIpc) is 3.07. The molecule has 0 aromatic carbocycles. The van der Waals surface area contributed by atoms with Crippen molar-refractivity contribution in [3.8, 4) is 0 Å². The second-order valence-electron chi connectivity index (χ2n) is 6.89. The highest BCUT2D eigenvalue weighted by Crippen LogP contribution is 2.28. The molecule has 1 fully saturated rings. The molecule has 24 heavy (non-hydrogen) atoms. The van der Waals surface area contributed by atoms with Crippen molar-refractivity contribution in [2.24, 2.45) is 5.92 Å². The predicted octanol–water partition coefficient (Wildman–Crippen LogP) is 1.90. The Hall–Kier alpha value is -1.92. The zero-order chi connectivity index (χ0) is 16.9. The molecule has 1 aromatic rings. The van der Waals surface area contributed by atoms with Gasteiger partial charge >= 0.3 is 5.97 Å². The average molecular weight is 334 g/mol. The summed E-state index contributed by atoms with van der Waals surface area (Å²) in [4.78, 5) is 24.3. The van der Waals surface area contributed by atoms with Gasteiger partial charge in [-0.3, -0.25) is 14.2 Å². The standard InChI is InChI=1S/C17H26N4O3/c1-24-15(22)11-13(10-12-6-3-2-4-7-12)18-16-17(23)21-9-5-8-14(21)19-20-16/h12-13H,2-11H2,1H3,(H,18,20)/t13-/m1/s1. The number of hydrogen-bond donors (Lipinski definition) is 1. The molecule has 1 saturated carbocycles. The number of hydrogen-bond acceptors (Lipinski definition) is 6. The van der Waals surface area contributed by atoms with Gasteiger partial charge in [0.2, 0.25) is 5.82 Å². The van der Waals surface area contributed by atoms with Gasteiger partial charge in [-0.1, -0.05) is 32.1 Å². The van der Waals surface area contributed by atoms with E-state index in [4.69, 9.17) is 4.74 Å². The number of rotatable bonds is 6. The Balaban J connectivity index is 1.73. The van der Waals surface area contributed by atoms with Crippen molar-refractivity contribution in [3.63, 3.8) is 0 Å². The van der Waals surface area contributed by atoms with Crippen molar-refractivity contribution in [1.29, 1.82) is 0 Å². The first kappa shape index (κ1) is 16.9. The van der Waals surface area contributed by atoms with E-state index in [-0.39, 0.29) is 29.8 Å². The Labute approximate surface area is 141 Å². The summed E-state index contributed by atoms with van der Waals surface area (Å²) in [5, 5.41) is 11.4. The Morgan fingerprint density at radius 2 is 2.08 bits per heavy atom. The second-order valence-corrected chi connectivity index (χ2v) is 6.89. The van der Waals surface area contributed by atoms with Crippen molar-refractivity contribution in [3.05, 3.63) is 16.2 Å². The lowest BCUT2D eigenvalue weighted by Crippen LogP contribution is -2.33. The molecular formula is C17H26N4O3. The number of esters is 1. The third-order valence-electron chi connectivity index (χ3n) is 5.13. The van der Waals surface area contributed by atoms with Crippen LogP contribution in [-0.4, -0.2) is 33.9 Å². The third-order valence-corrected chi connectivity index (χ3v) is 5.13. The summed E-state index contributed by atoms with van der Waals surface area (Å²) in [6.45, 7) is 0.697. The fourth-order valence-electron chi connectivity index (χ4n) is 3.85. The van der Waals surface area contributed by atoms with Crippen molar-refractivity contribution in [2.75, 3.05) is 12.4 Å². The van der Waals surface area contributed by atoms with Gasteiger partial charge in [0.15, 0.2) is 0 Å². The molecule has 1 N–H and O–H groups in total. The Morgan fingerprint density at radius 1 is 1.29 bits per heavy atom. The molecule has 3 rings (SSSR count). The van der Waals surface area contributed by atoms with Gasteiger partial charge in [-0.2, -0.15) is 0 Å². The van der Waals surface area contributed by atoms with Crippen LogP contribution in [0.1, 0.15) is 57.2 Å². The Bertz CT molecular complexity index is 637. The van der Waals surface area contributed by atoms with Crippen LogP contribution >= 0.6 is 0 Å². The summed E-state index contributed by atoms with van der Waals surface area (Å²) in [5.74, 6) is 1.33. The smallest absolute Gasteiger partial charge is 0.307 e. The minimum Gasteiger partial charge on any atom is -0.469 e. The summed E-state index contributed by atoms with van der Waals surface area (Å²) < 4.78 is 6.50. The van der Waals surface area contributed by atoms with Crippen LogP contribution in [0.5, 0.6) is 0 Å². The lowest BCUT2D eigenvalue weighted by Gasteiger charge is -2.26. The topological polar surface area (TPSA) is 86.1 Å². The molecule has 1 aliphatic heterocycles. The summed E-state index contributed by atoms with van der Waals surface area (Å²) in [5.41, 5.74) is -0.129. The Morgan fingerprint density at radius 3 is 2.83 bits per heavy atom. The summed E-state index contributed by atoms with van der Waals surface area (Å²) >= 11 is 0. The minimum atomic E-state index is -0.266. The van der Waals surface area contributed by atoms with Crippen LogP contribution in [-0.2, 0) is 22.5 Å². The predicted molar refractivity (Wildman–Crippen MR) is 89.8 cm³/mol. The number of aromatic nitrogens is 3. The molecule has 1 aliphatic carbocycles. The number of aryl methyl sites for hydroxylation is 1. The van der Waals surface area contributed by atoms with Gasteiger partial charge in [0.05, 0.1) is 13.5 Å². The van der Waals surface area contributed by atoms with Crippen LogP contribution in [0, 0.1) is 5.92 Å².